The maximum Gasteiger partial charge on any atom is 0.0526 e. The molecule has 1 atom stereocenters. The van der Waals surface area contributed by atoms with Gasteiger partial charge in [0.1, 0.15) is 0 Å². The predicted molar refractivity (Wildman–Crippen MR) is 83.4 cm³/mol. The summed E-state index contributed by atoms with van der Waals surface area (Å²) in [6.07, 6.45) is 0. The highest BCUT2D eigenvalue weighted by molar-refractivity contribution is 7.85. The van der Waals surface area contributed by atoms with Crippen molar-refractivity contribution in [3.63, 3.8) is 0 Å². The summed E-state index contributed by atoms with van der Waals surface area (Å²) in [4.78, 5) is 0.965. The Kier molecular flexibility index (Phi) is 4.03. The average Bonchev–Trinajstić information content (AvgIpc) is 2.34. The largest absolute Gasteiger partial charge is 0.254 e. The lowest BCUT2D eigenvalue weighted by Crippen LogP contribution is -2.22. The highest BCUT2D eigenvalue weighted by Crippen LogP contribution is 2.19. The van der Waals surface area contributed by atoms with Crippen molar-refractivity contribution in [3.8, 4) is 0 Å². The molecule has 0 aliphatic rings. The molecule has 96 valence electrons. The Bertz CT molecular complexity index is 572. The zero-order valence-electron chi connectivity index (χ0n) is 11.3. The smallest absolute Gasteiger partial charge is 0.0526 e. The first-order valence-electron chi connectivity index (χ1n) is 6.33. The third kappa shape index (κ3) is 3.53. The van der Waals surface area contributed by atoms with E-state index in [0.29, 0.717) is 0 Å². The van der Waals surface area contributed by atoms with Gasteiger partial charge in [0.05, 0.1) is 10.8 Å². The van der Waals surface area contributed by atoms with Crippen molar-refractivity contribution >= 4 is 29.6 Å². The molecule has 2 rings (SSSR count). The summed E-state index contributed by atoms with van der Waals surface area (Å²) in [5.41, 5.74) is 0. The first-order chi connectivity index (χ1) is 8.46. The fourth-order valence-corrected chi connectivity index (χ4v) is 5.73. The second kappa shape index (κ2) is 5.37. The molecule has 0 N–H and O–H groups in total. The zero-order valence-corrected chi connectivity index (χ0v) is 13.1. The fraction of sp³-hybridized carbons (Fsp3) is 0.333. The fourth-order valence-electron chi connectivity index (χ4n) is 1.83. The highest BCUT2D eigenvalue weighted by Gasteiger charge is 2.15. The predicted octanol–water partition coefficient (Wildman–Crippen LogP) is 4.29. The van der Waals surface area contributed by atoms with Crippen molar-refractivity contribution < 1.29 is 4.21 Å². The number of benzene rings is 2. The summed E-state index contributed by atoms with van der Waals surface area (Å²) in [5.74, 6) is 0.800. The maximum absolute atomic E-state index is 12.3. The van der Waals surface area contributed by atoms with Crippen molar-refractivity contribution in [2.75, 3.05) is 5.75 Å². The van der Waals surface area contributed by atoms with Crippen LogP contribution in [0.1, 0.15) is 0 Å². The quantitative estimate of drug-likeness (QED) is 0.762. The molecule has 0 fully saturated rings. The van der Waals surface area contributed by atoms with Crippen molar-refractivity contribution in [2.24, 2.45) is 0 Å². The summed E-state index contributed by atoms with van der Waals surface area (Å²) in [5, 5.41) is 2.39. The van der Waals surface area contributed by atoms with Gasteiger partial charge in [-0.05, 0) is 28.9 Å². The molecule has 1 nitrogen and oxygen atoms in total. The lowest BCUT2D eigenvalue weighted by Gasteiger charge is -2.15. The molecule has 0 saturated heterocycles. The molecule has 1 unspecified atom stereocenters. The van der Waals surface area contributed by atoms with Gasteiger partial charge < -0.3 is 0 Å². The minimum absolute atomic E-state index is 0.800. The van der Waals surface area contributed by atoms with Gasteiger partial charge in [-0.2, -0.15) is 0 Å². The SMILES string of the molecule is C[Si](C)(C)CCS(=O)c1ccc2ccccc2c1. The van der Waals surface area contributed by atoms with E-state index >= 15 is 0 Å². The minimum Gasteiger partial charge on any atom is -0.254 e. The molecule has 0 aliphatic heterocycles. The normalized spacial score (nSPS) is 13.7. The minimum atomic E-state index is -1.10. The Labute approximate surface area is 113 Å². The number of rotatable bonds is 4. The Hall–Kier alpha value is -0.933. The van der Waals surface area contributed by atoms with Gasteiger partial charge in [0.15, 0.2) is 0 Å². The van der Waals surface area contributed by atoms with E-state index in [9.17, 15) is 4.21 Å². The van der Waals surface area contributed by atoms with E-state index in [2.05, 4.69) is 43.9 Å². The van der Waals surface area contributed by atoms with E-state index in [4.69, 9.17) is 0 Å². The van der Waals surface area contributed by atoms with Gasteiger partial charge in [-0.15, -0.1) is 0 Å². The Morgan fingerprint density at radius 3 is 2.33 bits per heavy atom. The van der Waals surface area contributed by atoms with E-state index in [-0.39, 0.29) is 0 Å². The van der Waals surface area contributed by atoms with Crippen LogP contribution in [0.25, 0.3) is 10.8 Å². The van der Waals surface area contributed by atoms with Gasteiger partial charge in [0, 0.05) is 18.7 Å². The van der Waals surface area contributed by atoms with E-state index in [0.717, 1.165) is 16.7 Å². The van der Waals surface area contributed by atoms with Crippen molar-refractivity contribution in [3.05, 3.63) is 42.5 Å². The topological polar surface area (TPSA) is 17.1 Å². The van der Waals surface area contributed by atoms with Crippen molar-refractivity contribution in [1.82, 2.24) is 0 Å². The second-order valence-electron chi connectivity index (χ2n) is 5.87. The molecule has 0 saturated carbocycles. The van der Waals surface area contributed by atoms with Crippen LogP contribution in [-0.2, 0) is 10.8 Å². The lowest BCUT2D eigenvalue weighted by molar-refractivity contribution is 0.684. The van der Waals surface area contributed by atoms with Gasteiger partial charge >= 0.3 is 0 Å². The molecule has 2 aromatic carbocycles. The van der Waals surface area contributed by atoms with Crippen LogP contribution in [0.3, 0.4) is 0 Å². The van der Waals surface area contributed by atoms with Crippen LogP contribution in [0.2, 0.25) is 25.7 Å². The molecular formula is C15H20OSSi. The van der Waals surface area contributed by atoms with Gasteiger partial charge in [0.2, 0.25) is 0 Å². The van der Waals surface area contributed by atoms with Crippen molar-refractivity contribution in [2.45, 2.75) is 30.6 Å². The van der Waals surface area contributed by atoms with Gasteiger partial charge in [-0.3, -0.25) is 4.21 Å². The molecule has 0 amide bonds. The van der Waals surface area contributed by atoms with Gasteiger partial charge in [0.25, 0.3) is 0 Å². The first-order valence-corrected chi connectivity index (χ1v) is 11.4. The van der Waals surface area contributed by atoms with Crippen LogP contribution in [0.5, 0.6) is 0 Å². The van der Waals surface area contributed by atoms with Gasteiger partial charge in [-0.1, -0.05) is 50.0 Å². The summed E-state index contributed by atoms with van der Waals surface area (Å²) < 4.78 is 12.3. The summed E-state index contributed by atoms with van der Waals surface area (Å²) in [6, 6.07) is 15.5. The number of hydrogen-bond donors (Lipinski definition) is 0. The molecular weight excluding hydrogens is 256 g/mol. The highest BCUT2D eigenvalue weighted by atomic mass is 32.2. The summed E-state index contributed by atoms with van der Waals surface area (Å²) in [6.45, 7) is 6.97. The molecule has 0 bridgehead atoms. The van der Waals surface area contributed by atoms with Crippen LogP contribution in [0, 0.1) is 0 Å². The molecule has 3 heteroatoms. The van der Waals surface area contributed by atoms with Crippen LogP contribution in [0.4, 0.5) is 0 Å². The molecule has 0 aliphatic carbocycles. The standard InChI is InChI=1S/C15H20OSSi/c1-18(2,3)11-10-17(16)15-9-8-13-6-4-5-7-14(13)12-15/h4-9,12H,10-11H2,1-3H3. The zero-order chi connectivity index (χ0) is 13.2. The summed E-state index contributed by atoms with van der Waals surface area (Å²) >= 11 is 0. The second-order valence-corrected chi connectivity index (χ2v) is 13.1. The molecule has 2 aromatic rings. The average molecular weight is 276 g/mol. The lowest BCUT2D eigenvalue weighted by atomic mass is 10.1. The Morgan fingerprint density at radius 2 is 1.67 bits per heavy atom. The molecule has 0 aromatic heterocycles. The van der Waals surface area contributed by atoms with Crippen LogP contribution in [-0.4, -0.2) is 18.0 Å². The first kappa shape index (κ1) is 13.5. The third-order valence-electron chi connectivity index (χ3n) is 3.02. The van der Waals surface area contributed by atoms with Crippen LogP contribution >= 0.6 is 0 Å². The Balaban J connectivity index is 2.18. The molecule has 18 heavy (non-hydrogen) atoms. The molecule has 0 heterocycles. The number of fused-ring (bicyclic) bond motifs is 1. The molecule has 0 radical (unpaired) electrons. The van der Waals surface area contributed by atoms with Crippen LogP contribution in [0.15, 0.2) is 47.4 Å². The van der Waals surface area contributed by atoms with E-state index < -0.39 is 18.9 Å². The van der Waals surface area contributed by atoms with E-state index in [1.807, 2.05) is 18.2 Å². The van der Waals surface area contributed by atoms with Crippen molar-refractivity contribution in [1.29, 1.82) is 0 Å². The molecule has 0 spiro atoms. The van der Waals surface area contributed by atoms with E-state index in [1.165, 1.54) is 10.8 Å². The summed E-state index contributed by atoms with van der Waals surface area (Å²) in [7, 11) is -1.95. The Morgan fingerprint density at radius 1 is 1.00 bits per heavy atom. The maximum atomic E-state index is 12.3. The van der Waals surface area contributed by atoms with E-state index in [1.54, 1.807) is 0 Å². The third-order valence-corrected chi connectivity index (χ3v) is 6.49. The number of hydrogen-bond acceptors (Lipinski definition) is 1. The van der Waals surface area contributed by atoms with Crippen LogP contribution < -0.4 is 0 Å². The monoisotopic (exact) mass is 276 g/mol. The van der Waals surface area contributed by atoms with Gasteiger partial charge in [-0.25, -0.2) is 0 Å².